The molecule has 0 saturated carbocycles. The van der Waals surface area contributed by atoms with Gasteiger partial charge in [0.15, 0.2) is 5.78 Å². The van der Waals surface area contributed by atoms with Gasteiger partial charge in [-0.05, 0) is 80.3 Å². The monoisotopic (exact) mass is 433 g/mol. The number of fused-ring (bicyclic) bond motifs is 1. The van der Waals surface area contributed by atoms with E-state index in [1.165, 1.54) is 6.42 Å². The number of aromatic nitrogens is 1. The van der Waals surface area contributed by atoms with Crippen LogP contribution in [0.1, 0.15) is 84.7 Å². The molecule has 1 atom stereocenters. The first-order valence-electron chi connectivity index (χ1n) is 12.3. The summed E-state index contributed by atoms with van der Waals surface area (Å²) in [5.74, 6) is 1.32. The number of nitrogens with zero attached hydrogens (tertiary/aromatic N) is 3. The number of pyridine rings is 1. The number of carbonyl (C=O) groups is 2. The Labute approximate surface area is 191 Å². The van der Waals surface area contributed by atoms with Crippen molar-refractivity contribution in [3.05, 3.63) is 52.7 Å². The third kappa shape index (κ3) is 4.43. The number of hydrogen-bond acceptors (Lipinski definition) is 4. The molecule has 170 valence electrons. The Morgan fingerprint density at radius 2 is 1.81 bits per heavy atom. The van der Waals surface area contributed by atoms with Crippen LogP contribution >= 0.6 is 0 Å². The summed E-state index contributed by atoms with van der Waals surface area (Å²) in [5.41, 5.74) is 4.86. The van der Waals surface area contributed by atoms with Gasteiger partial charge in [0.1, 0.15) is 5.82 Å². The summed E-state index contributed by atoms with van der Waals surface area (Å²) >= 11 is 0. The second-order valence-electron chi connectivity index (χ2n) is 9.18. The first-order chi connectivity index (χ1) is 15.5. The van der Waals surface area contributed by atoms with Gasteiger partial charge in [0.2, 0.25) is 0 Å². The van der Waals surface area contributed by atoms with Gasteiger partial charge in [-0.3, -0.25) is 9.59 Å². The average molecular weight is 434 g/mol. The minimum Gasteiger partial charge on any atom is -0.339 e. The number of anilines is 2. The lowest BCUT2D eigenvalue weighted by atomic mass is 9.92. The van der Waals surface area contributed by atoms with E-state index in [1.54, 1.807) is 6.20 Å². The van der Waals surface area contributed by atoms with Crippen molar-refractivity contribution in [2.24, 2.45) is 5.92 Å². The maximum Gasteiger partial charge on any atom is 0.255 e. The van der Waals surface area contributed by atoms with Crippen molar-refractivity contribution in [3.63, 3.8) is 0 Å². The highest BCUT2D eigenvalue weighted by Gasteiger charge is 2.25. The Balaban J connectivity index is 1.61. The number of benzene rings is 1. The fraction of sp³-hybridized carbons (Fsp3) is 0.519. The number of hydrogen-bond donors (Lipinski definition) is 0. The van der Waals surface area contributed by atoms with E-state index < -0.39 is 0 Å². The van der Waals surface area contributed by atoms with Crippen molar-refractivity contribution >= 4 is 23.2 Å². The van der Waals surface area contributed by atoms with Crippen LogP contribution in [-0.2, 0) is 12.8 Å². The molecule has 5 heteroatoms. The van der Waals surface area contributed by atoms with Gasteiger partial charge in [-0.1, -0.05) is 20.8 Å². The van der Waals surface area contributed by atoms with Gasteiger partial charge < -0.3 is 9.80 Å². The molecule has 1 aromatic carbocycles. The Bertz CT molecular complexity index is 994. The van der Waals surface area contributed by atoms with Crippen LogP contribution in [-0.4, -0.2) is 41.2 Å². The molecule has 4 rings (SSSR count). The fourth-order valence-electron chi connectivity index (χ4n) is 4.84. The molecule has 1 unspecified atom stereocenters. The standard InChI is InChI=1S/C27H35N3O2/c1-4-19(3)25(31)24-12-11-23(17-20(24)5-2)30-15-9-10-21-16-22(18-28-26(21)30)27(32)29-13-7-6-8-14-29/h11-12,16-19H,4-10,13-15H2,1-3H3. The molecule has 0 N–H and O–H groups in total. The molecule has 1 aromatic heterocycles. The van der Waals surface area contributed by atoms with Gasteiger partial charge in [0, 0.05) is 43.0 Å². The zero-order chi connectivity index (χ0) is 22.7. The molecule has 0 aliphatic carbocycles. The largest absolute Gasteiger partial charge is 0.339 e. The molecule has 1 amide bonds. The maximum absolute atomic E-state index is 12.9. The molecule has 2 aliphatic rings. The number of likely N-dealkylation sites (tertiary alicyclic amines) is 1. The van der Waals surface area contributed by atoms with Crippen LogP contribution in [0.2, 0.25) is 0 Å². The van der Waals surface area contributed by atoms with E-state index >= 15 is 0 Å². The molecule has 1 saturated heterocycles. The van der Waals surface area contributed by atoms with Crippen LogP contribution in [0.4, 0.5) is 11.5 Å². The number of rotatable bonds is 6. The summed E-state index contributed by atoms with van der Waals surface area (Å²) in [7, 11) is 0. The van der Waals surface area contributed by atoms with Crippen LogP contribution in [0, 0.1) is 5.92 Å². The summed E-state index contributed by atoms with van der Waals surface area (Å²) in [5, 5.41) is 0. The van der Waals surface area contributed by atoms with Crippen molar-refractivity contribution < 1.29 is 9.59 Å². The number of Topliss-reactive ketones (excluding diaryl/α,β-unsaturated/α-hetero) is 1. The van der Waals surface area contributed by atoms with Gasteiger partial charge in [0.05, 0.1) is 5.56 Å². The van der Waals surface area contributed by atoms with E-state index in [2.05, 4.69) is 30.9 Å². The van der Waals surface area contributed by atoms with E-state index in [4.69, 9.17) is 4.98 Å². The van der Waals surface area contributed by atoms with E-state index in [-0.39, 0.29) is 17.6 Å². The van der Waals surface area contributed by atoms with Crippen molar-refractivity contribution in [1.82, 2.24) is 9.88 Å². The highest BCUT2D eigenvalue weighted by atomic mass is 16.2. The first-order valence-corrected chi connectivity index (χ1v) is 12.3. The van der Waals surface area contributed by atoms with E-state index in [0.29, 0.717) is 5.56 Å². The average Bonchev–Trinajstić information content (AvgIpc) is 2.86. The summed E-state index contributed by atoms with van der Waals surface area (Å²) in [6.07, 6.45) is 8.77. The van der Waals surface area contributed by atoms with Crippen LogP contribution in [0.3, 0.4) is 0 Å². The maximum atomic E-state index is 12.9. The summed E-state index contributed by atoms with van der Waals surface area (Å²) < 4.78 is 0. The summed E-state index contributed by atoms with van der Waals surface area (Å²) in [6, 6.07) is 8.25. The smallest absolute Gasteiger partial charge is 0.255 e. The molecular weight excluding hydrogens is 398 g/mol. The molecule has 32 heavy (non-hydrogen) atoms. The lowest BCUT2D eigenvalue weighted by Gasteiger charge is -2.31. The molecule has 3 heterocycles. The second kappa shape index (κ2) is 9.85. The number of carbonyl (C=O) groups excluding carboxylic acids is 2. The lowest BCUT2D eigenvalue weighted by Crippen LogP contribution is -2.36. The number of ketones is 1. The Morgan fingerprint density at radius 3 is 2.53 bits per heavy atom. The Kier molecular flexibility index (Phi) is 6.92. The number of aryl methyl sites for hydroxylation is 2. The molecule has 2 aromatic rings. The topological polar surface area (TPSA) is 53.5 Å². The predicted octanol–water partition coefficient (Wildman–Crippen LogP) is 5.58. The van der Waals surface area contributed by atoms with E-state index in [9.17, 15) is 9.59 Å². The van der Waals surface area contributed by atoms with Crippen molar-refractivity contribution in [2.75, 3.05) is 24.5 Å². The Hall–Kier alpha value is -2.69. The van der Waals surface area contributed by atoms with Crippen molar-refractivity contribution in [3.8, 4) is 0 Å². The molecular formula is C27H35N3O2. The Morgan fingerprint density at radius 1 is 1.03 bits per heavy atom. The zero-order valence-corrected chi connectivity index (χ0v) is 19.7. The quantitative estimate of drug-likeness (QED) is 0.558. The van der Waals surface area contributed by atoms with Gasteiger partial charge in [-0.15, -0.1) is 0 Å². The molecule has 2 aliphatic heterocycles. The van der Waals surface area contributed by atoms with Gasteiger partial charge in [0.25, 0.3) is 5.91 Å². The van der Waals surface area contributed by atoms with Crippen LogP contribution < -0.4 is 4.90 Å². The second-order valence-corrected chi connectivity index (χ2v) is 9.18. The number of amides is 1. The third-order valence-corrected chi connectivity index (χ3v) is 7.02. The molecule has 0 spiro atoms. The van der Waals surface area contributed by atoms with Crippen LogP contribution in [0.25, 0.3) is 0 Å². The first kappa shape index (κ1) is 22.5. The summed E-state index contributed by atoms with van der Waals surface area (Å²) in [4.78, 5) is 34.7. The predicted molar refractivity (Wildman–Crippen MR) is 129 cm³/mol. The van der Waals surface area contributed by atoms with Crippen LogP contribution in [0.5, 0.6) is 0 Å². The van der Waals surface area contributed by atoms with Crippen LogP contribution in [0.15, 0.2) is 30.5 Å². The summed E-state index contributed by atoms with van der Waals surface area (Å²) in [6.45, 7) is 8.76. The molecule has 0 radical (unpaired) electrons. The zero-order valence-electron chi connectivity index (χ0n) is 19.7. The number of piperidine rings is 1. The van der Waals surface area contributed by atoms with Crippen molar-refractivity contribution in [1.29, 1.82) is 0 Å². The van der Waals surface area contributed by atoms with Gasteiger partial charge in [-0.25, -0.2) is 4.98 Å². The normalized spacial score (nSPS) is 17.1. The third-order valence-electron chi connectivity index (χ3n) is 7.02. The highest BCUT2D eigenvalue weighted by Crippen LogP contribution is 2.34. The van der Waals surface area contributed by atoms with E-state index in [1.807, 2.05) is 24.0 Å². The minimum atomic E-state index is 0.0411. The van der Waals surface area contributed by atoms with Crippen molar-refractivity contribution in [2.45, 2.75) is 65.7 Å². The molecule has 5 nitrogen and oxygen atoms in total. The lowest BCUT2D eigenvalue weighted by molar-refractivity contribution is 0.0723. The fourth-order valence-corrected chi connectivity index (χ4v) is 4.84. The van der Waals surface area contributed by atoms with E-state index in [0.717, 1.165) is 86.4 Å². The van der Waals surface area contributed by atoms with Gasteiger partial charge in [-0.2, -0.15) is 0 Å². The minimum absolute atomic E-state index is 0.0411. The molecule has 1 fully saturated rings. The highest BCUT2D eigenvalue weighted by molar-refractivity contribution is 5.99. The van der Waals surface area contributed by atoms with Gasteiger partial charge >= 0.3 is 0 Å². The molecule has 0 bridgehead atoms. The SMILES string of the molecule is CCc1cc(N2CCCc3cc(C(=O)N4CCCCC4)cnc32)ccc1C(=O)C(C)CC.